The van der Waals surface area contributed by atoms with Crippen LogP contribution >= 0.6 is 0 Å². The zero-order valence-corrected chi connectivity index (χ0v) is 16.8. The number of aromatic hydroxyl groups is 1. The molecule has 1 amide bonds. The van der Waals surface area contributed by atoms with E-state index in [-0.39, 0.29) is 41.9 Å². The van der Waals surface area contributed by atoms with Crippen LogP contribution in [0.5, 0.6) is 5.75 Å². The van der Waals surface area contributed by atoms with E-state index in [0.29, 0.717) is 11.1 Å². The molecule has 7 N–H and O–H groups in total. The first-order valence-electron chi connectivity index (χ1n) is 9.74. The zero-order valence-electron chi connectivity index (χ0n) is 16.8. The van der Waals surface area contributed by atoms with Gasteiger partial charge in [0.1, 0.15) is 11.5 Å². The summed E-state index contributed by atoms with van der Waals surface area (Å²) in [5.41, 5.74) is 3.29. The Labute approximate surface area is 177 Å². The van der Waals surface area contributed by atoms with Gasteiger partial charge < -0.3 is 31.4 Å². The van der Waals surface area contributed by atoms with Gasteiger partial charge in [-0.25, -0.2) is 0 Å². The number of hydrogen-bond acceptors (Lipinski definition) is 9. The van der Waals surface area contributed by atoms with Crippen molar-refractivity contribution in [2.45, 2.75) is 38.2 Å². The van der Waals surface area contributed by atoms with Crippen LogP contribution in [-0.2, 0) is 20.8 Å². The van der Waals surface area contributed by atoms with Crippen molar-refractivity contribution in [1.82, 2.24) is 0 Å². The Bertz CT molecular complexity index is 1030. The largest absolute Gasteiger partial charge is 0.507 e. The number of nitrogens with two attached hydrogens (primary N) is 1. The predicted molar refractivity (Wildman–Crippen MR) is 107 cm³/mol. The molecule has 166 valence electrons. The lowest BCUT2D eigenvalue weighted by atomic mass is 9.61. The van der Waals surface area contributed by atoms with Crippen molar-refractivity contribution >= 4 is 28.9 Å². The number of carbonyl (C=O) groups excluding carboxylic acids is 3. The number of aliphatic hydroxyl groups excluding tert-OH is 2. The van der Waals surface area contributed by atoms with Crippen LogP contribution in [0.25, 0.3) is 5.76 Å². The number of nitrogens with zero attached hydrogens (tertiary/aromatic N) is 1. The average Bonchev–Trinajstić information content (AvgIpc) is 2.70. The Morgan fingerprint density at radius 3 is 2.55 bits per heavy atom. The Morgan fingerprint density at radius 1 is 1.29 bits per heavy atom. The summed E-state index contributed by atoms with van der Waals surface area (Å²) < 4.78 is 0. The molecule has 1 aromatic carbocycles. The van der Waals surface area contributed by atoms with Gasteiger partial charge >= 0.3 is 0 Å². The number of primary amides is 1. The van der Waals surface area contributed by atoms with Crippen LogP contribution in [0.3, 0.4) is 0 Å². The summed E-state index contributed by atoms with van der Waals surface area (Å²) in [7, 11) is 0. The molecule has 0 radical (unpaired) electrons. The molecule has 0 heterocycles. The topological polar surface area (TPSA) is 191 Å². The summed E-state index contributed by atoms with van der Waals surface area (Å²) in [6, 6.07) is 2.79. The molecule has 0 aliphatic heterocycles. The third kappa shape index (κ3) is 3.47. The van der Waals surface area contributed by atoms with Gasteiger partial charge in [-0.2, -0.15) is 0 Å². The highest BCUT2D eigenvalue weighted by atomic mass is 16.4. The second-order valence-electron chi connectivity index (χ2n) is 7.94. The second-order valence-corrected chi connectivity index (χ2v) is 7.94. The molecule has 1 aromatic rings. The highest BCUT2D eigenvalue weighted by Crippen LogP contribution is 2.49. The van der Waals surface area contributed by atoms with Gasteiger partial charge in [0.05, 0.1) is 17.7 Å². The Morgan fingerprint density at radius 2 is 1.97 bits per heavy atom. The van der Waals surface area contributed by atoms with E-state index >= 15 is 0 Å². The summed E-state index contributed by atoms with van der Waals surface area (Å²) in [6.07, 6.45) is -0.759. The second kappa shape index (κ2) is 8.12. The number of amides is 1. The number of Topliss-reactive ketones (excluding diaryl/α,β-unsaturated/α-hetero) is 2. The molecule has 2 aliphatic rings. The van der Waals surface area contributed by atoms with Crippen LogP contribution in [0.4, 0.5) is 0 Å². The Kier molecular flexibility index (Phi) is 5.88. The van der Waals surface area contributed by atoms with Gasteiger partial charge in [-0.3, -0.25) is 14.4 Å². The summed E-state index contributed by atoms with van der Waals surface area (Å²) >= 11 is 0. The maximum atomic E-state index is 13.3. The smallest absolute Gasteiger partial charge is 0.225 e. The predicted octanol–water partition coefficient (Wildman–Crippen LogP) is 0.179. The average molecular weight is 432 g/mol. The molecule has 1 fully saturated rings. The molecule has 3 atom stereocenters. The van der Waals surface area contributed by atoms with E-state index in [0.717, 1.165) is 0 Å². The lowest BCUT2D eigenvalue weighted by Crippen LogP contribution is -2.59. The zero-order chi connectivity index (χ0) is 23.1. The van der Waals surface area contributed by atoms with Gasteiger partial charge in [0, 0.05) is 23.7 Å². The lowest BCUT2D eigenvalue weighted by Gasteiger charge is -2.43. The van der Waals surface area contributed by atoms with E-state index in [1.165, 1.54) is 19.1 Å². The van der Waals surface area contributed by atoms with Gasteiger partial charge in [-0.1, -0.05) is 5.16 Å². The van der Waals surface area contributed by atoms with Crippen LogP contribution in [-0.4, -0.2) is 61.0 Å². The maximum absolute atomic E-state index is 13.3. The summed E-state index contributed by atoms with van der Waals surface area (Å²) in [6.45, 7) is 1.12. The molecule has 31 heavy (non-hydrogen) atoms. The number of fused-ring (bicyclic) bond motifs is 2. The van der Waals surface area contributed by atoms with E-state index in [1.807, 2.05) is 0 Å². The SMILES string of the molecule is C/C(=N/O)c1ccc(O)c2c1C[C@H]1C[C@@H](CCO)[C@@](O)(C(=O)CC(N)=O)C(=O)C1=C2O. The van der Waals surface area contributed by atoms with Crippen molar-refractivity contribution in [3.05, 3.63) is 34.4 Å². The van der Waals surface area contributed by atoms with Gasteiger partial charge in [-0.15, -0.1) is 0 Å². The molecule has 0 unspecified atom stereocenters. The molecule has 3 rings (SSSR count). The number of rotatable bonds is 6. The molecule has 0 saturated heterocycles. The third-order valence-corrected chi connectivity index (χ3v) is 6.17. The summed E-state index contributed by atoms with van der Waals surface area (Å²) in [5.74, 6) is -5.76. The highest BCUT2D eigenvalue weighted by molar-refractivity contribution is 6.23. The molecule has 10 heteroatoms. The molecule has 10 nitrogen and oxygen atoms in total. The fourth-order valence-corrected chi connectivity index (χ4v) is 4.71. The van der Waals surface area contributed by atoms with Gasteiger partial charge in [0.15, 0.2) is 11.4 Å². The van der Waals surface area contributed by atoms with Crippen molar-refractivity contribution in [1.29, 1.82) is 0 Å². The lowest BCUT2D eigenvalue weighted by molar-refractivity contribution is -0.159. The Balaban J connectivity index is 2.22. The van der Waals surface area contributed by atoms with Gasteiger partial charge in [-0.05, 0) is 49.8 Å². The molecule has 0 aromatic heterocycles. The summed E-state index contributed by atoms with van der Waals surface area (Å²) in [5, 5.41) is 54.2. The standard InChI is InChI=1S/C21H24N2O8/c1-9(23-31)12-2-3-14(25)18-13(12)7-10-6-11(4-5-24)21(30,15(26)8-16(22)27)20(29)17(10)19(18)28/h2-3,10-11,24-25,28,30-31H,4-8H2,1H3,(H2,22,27)/b23-9-/t10-,11-,21-/m1/s1. The number of phenolic OH excluding ortho intramolecular Hbond substituents is 1. The quantitative estimate of drug-likeness (QED) is 0.159. The molecular weight excluding hydrogens is 408 g/mol. The maximum Gasteiger partial charge on any atom is 0.225 e. The fraction of sp³-hybridized carbons (Fsp3) is 0.429. The first kappa shape index (κ1) is 22.4. The van der Waals surface area contributed by atoms with Crippen LogP contribution in [0.15, 0.2) is 22.9 Å². The van der Waals surface area contributed by atoms with Crippen LogP contribution in [0.1, 0.15) is 42.9 Å². The van der Waals surface area contributed by atoms with Crippen molar-refractivity contribution < 1.29 is 40.0 Å². The van der Waals surface area contributed by atoms with Crippen LogP contribution < -0.4 is 5.73 Å². The number of ketones is 2. The minimum absolute atomic E-state index is 0.0505. The van der Waals surface area contributed by atoms with Crippen LogP contribution in [0, 0.1) is 11.8 Å². The fourth-order valence-electron chi connectivity index (χ4n) is 4.71. The molecular formula is C21H24N2O8. The van der Waals surface area contributed by atoms with Gasteiger partial charge in [0.2, 0.25) is 11.7 Å². The minimum atomic E-state index is -2.63. The molecule has 1 saturated carbocycles. The normalized spacial score (nSPS) is 25.8. The highest BCUT2D eigenvalue weighted by Gasteiger charge is 2.57. The molecule has 0 bridgehead atoms. The number of carbonyl (C=O) groups is 3. The van der Waals surface area contributed by atoms with Crippen molar-refractivity contribution in [2.75, 3.05) is 6.61 Å². The molecule has 2 aliphatic carbocycles. The van der Waals surface area contributed by atoms with E-state index in [4.69, 9.17) is 5.73 Å². The molecule has 0 spiro atoms. The monoisotopic (exact) mass is 432 g/mol. The number of aliphatic hydroxyl groups is 3. The number of benzene rings is 1. The van der Waals surface area contributed by atoms with E-state index < -0.39 is 53.7 Å². The van der Waals surface area contributed by atoms with Crippen molar-refractivity contribution in [3.8, 4) is 5.75 Å². The Hall–Kier alpha value is -3.24. The van der Waals surface area contributed by atoms with Crippen molar-refractivity contribution in [2.24, 2.45) is 22.7 Å². The minimum Gasteiger partial charge on any atom is -0.507 e. The van der Waals surface area contributed by atoms with Crippen LogP contribution in [0.2, 0.25) is 0 Å². The van der Waals surface area contributed by atoms with Crippen molar-refractivity contribution in [3.63, 3.8) is 0 Å². The summed E-state index contributed by atoms with van der Waals surface area (Å²) in [4.78, 5) is 37.2. The van der Waals surface area contributed by atoms with E-state index in [9.17, 15) is 40.0 Å². The van der Waals surface area contributed by atoms with E-state index in [2.05, 4.69) is 5.16 Å². The third-order valence-electron chi connectivity index (χ3n) is 6.17. The number of phenols is 1. The first-order valence-corrected chi connectivity index (χ1v) is 9.74. The van der Waals surface area contributed by atoms with E-state index in [1.54, 1.807) is 0 Å². The number of oxime groups is 1. The van der Waals surface area contributed by atoms with Gasteiger partial charge in [0.25, 0.3) is 0 Å². The first-order chi connectivity index (χ1) is 14.6. The number of hydrogen-bond donors (Lipinski definition) is 6.